The van der Waals surface area contributed by atoms with Crippen molar-refractivity contribution >= 4 is 6.03 Å². The smallest absolute Gasteiger partial charge is 0.315 e. The molecule has 2 amide bonds. The van der Waals surface area contributed by atoms with E-state index in [-0.39, 0.29) is 6.03 Å². The second kappa shape index (κ2) is 8.45. The Morgan fingerprint density at radius 3 is 2.30 bits per heavy atom. The van der Waals surface area contributed by atoms with Crippen molar-refractivity contribution in [3.05, 3.63) is 83.2 Å². The molecule has 1 heterocycles. The second-order valence-corrected chi connectivity index (χ2v) is 6.45. The molecule has 3 aromatic rings. The third-order valence-corrected chi connectivity index (χ3v) is 4.60. The molecule has 3 rings (SSSR count). The van der Waals surface area contributed by atoms with E-state index in [0.29, 0.717) is 13.1 Å². The monoisotopic (exact) mass is 363 g/mol. The molecule has 5 nitrogen and oxygen atoms in total. The molecule has 2 N–H and O–H groups in total. The maximum absolute atomic E-state index is 12.1. The number of urea groups is 1. The Balaban J connectivity index is 1.63. The summed E-state index contributed by atoms with van der Waals surface area (Å²) < 4.78 is 7.41. The summed E-state index contributed by atoms with van der Waals surface area (Å²) in [5.74, 6) is 0.832. The van der Waals surface area contributed by atoms with E-state index in [4.69, 9.17) is 4.74 Å². The molecule has 27 heavy (non-hydrogen) atoms. The predicted octanol–water partition coefficient (Wildman–Crippen LogP) is 4.10. The lowest BCUT2D eigenvalue weighted by atomic mass is 10.2. The van der Waals surface area contributed by atoms with Gasteiger partial charge in [-0.15, -0.1) is 0 Å². The van der Waals surface area contributed by atoms with Crippen molar-refractivity contribution in [2.75, 3.05) is 7.11 Å². The van der Waals surface area contributed by atoms with E-state index in [2.05, 4.69) is 35.1 Å². The standard InChI is InChI=1S/C22H25N3O2/c1-16-13-19(15-24-22(26)23-14-18-7-5-4-6-8-18)17(2)25(16)20-9-11-21(27-3)12-10-20/h4-13H,14-15H2,1-3H3,(H2,23,24,26). The fourth-order valence-corrected chi connectivity index (χ4v) is 3.15. The molecule has 0 aliphatic carbocycles. The maximum Gasteiger partial charge on any atom is 0.315 e. The fourth-order valence-electron chi connectivity index (χ4n) is 3.15. The Kier molecular flexibility index (Phi) is 5.81. The first-order valence-electron chi connectivity index (χ1n) is 8.96. The zero-order valence-corrected chi connectivity index (χ0v) is 16.0. The summed E-state index contributed by atoms with van der Waals surface area (Å²) in [4.78, 5) is 12.1. The third kappa shape index (κ3) is 4.50. The van der Waals surface area contributed by atoms with Gasteiger partial charge < -0.3 is 19.9 Å². The number of carbonyl (C=O) groups excluding carboxylic acids is 1. The van der Waals surface area contributed by atoms with Crippen LogP contribution in [0, 0.1) is 13.8 Å². The first kappa shape index (κ1) is 18.6. The number of hydrogen-bond acceptors (Lipinski definition) is 2. The van der Waals surface area contributed by atoms with Gasteiger partial charge in [0.2, 0.25) is 0 Å². The van der Waals surface area contributed by atoms with Crippen molar-refractivity contribution in [3.63, 3.8) is 0 Å². The first-order chi connectivity index (χ1) is 13.1. The lowest BCUT2D eigenvalue weighted by Gasteiger charge is -2.11. The van der Waals surface area contributed by atoms with Crippen LogP contribution in [0.4, 0.5) is 4.79 Å². The first-order valence-corrected chi connectivity index (χ1v) is 8.96. The van der Waals surface area contributed by atoms with Crippen molar-refractivity contribution in [3.8, 4) is 11.4 Å². The molecular formula is C22H25N3O2. The van der Waals surface area contributed by atoms with Crippen LogP contribution in [0.5, 0.6) is 5.75 Å². The van der Waals surface area contributed by atoms with Crippen LogP contribution in [0.3, 0.4) is 0 Å². The van der Waals surface area contributed by atoms with Gasteiger partial charge in [0.25, 0.3) is 0 Å². The molecule has 0 aliphatic rings. The van der Waals surface area contributed by atoms with Crippen LogP contribution in [0.2, 0.25) is 0 Å². The molecule has 0 bridgehead atoms. The zero-order chi connectivity index (χ0) is 19.2. The summed E-state index contributed by atoms with van der Waals surface area (Å²) in [6.45, 7) is 5.13. The van der Waals surface area contributed by atoms with Crippen LogP contribution >= 0.6 is 0 Å². The van der Waals surface area contributed by atoms with E-state index in [0.717, 1.165) is 34.0 Å². The topological polar surface area (TPSA) is 55.3 Å². The number of nitrogens with one attached hydrogen (secondary N) is 2. The van der Waals surface area contributed by atoms with Gasteiger partial charge in [0.05, 0.1) is 7.11 Å². The quantitative estimate of drug-likeness (QED) is 0.693. The number of ether oxygens (including phenoxy) is 1. The van der Waals surface area contributed by atoms with E-state index in [1.165, 1.54) is 0 Å². The van der Waals surface area contributed by atoms with Crippen molar-refractivity contribution in [2.24, 2.45) is 0 Å². The van der Waals surface area contributed by atoms with Gasteiger partial charge in [0.1, 0.15) is 5.75 Å². The van der Waals surface area contributed by atoms with Crippen molar-refractivity contribution in [2.45, 2.75) is 26.9 Å². The highest BCUT2D eigenvalue weighted by Gasteiger charge is 2.11. The van der Waals surface area contributed by atoms with E-state index < -0.39 is 0 Å². The Morgan fingerprint density at radius 1 is 0.963 bits per heavy atom. The van der Waals surface area contributed by atoms with Crippen molar-refractivity contribution < 1.29 is 9.53 Å². The summed E-state index contributed by atoms with van der Waals surface area (Å²) >= 11 is 0. The highest BCUT2D eigenvalue weighted by molar-refractivity contribution is 5.73. The summed E-state index contributed by atoms with van der Waals surface area (Å²) in [6, 6.07) is 19.8. The van der Waals surface area contributed by atoms with Crippen LogP contribution < -0.4 is 15.4 Å². The van der Waals surface area contributed by atoms with E-state index >= 15 is 0 Å². The number of amides is 2. The normalized spacial score (nSPS) is 10.5. The Bertz CT molecular complexity index is 899. The fraction of sp³-hybridized carbons (Fsp3) is 0.227. The summed E-state index contributed by atoms with van der Waals surface area (Å²) in [6.07, 6.45) is 0. The van der Waals surface area contributed by atoms with Gasteiger partial charge in [-0.1, -0.05) is 30.3 Å². The Labute approximate surface area is 160 Å². The maximum atomic E-state index is 12.1. The molecular weight excluding hydrogens is 338 g/mol. The minimum absolute atomic E-state index is 0.173. The summed E-state index contributed by atoms with van der Waals surface area (Å²) in [7, 11) is 1.66. The van der Waals surface area contributed by atoms with Gasteiger partial charge in [-0.25, -0.2) is 4.79 Å². The molecule has 140 valence electrons. The molecule has 0 fully saturated rings. The molecule has 0 aliphatic heterocycles. The molecule has 0 saturated heterocycles. The van der Waals surface area contributed by atoms with Gasteiger partial charge in [0, 0.05) is 30.2 Å². The predicted molar refractivity (Wildman–Crippen MR) is 107 cm³/mol. The number of methoxy groups -OCH3 is 1. The Hall–Kier alpha value is -3.21. The average Bonchev–Trinajstić information content (AvgIpc) is 2.99. The molecule has 0 saturated carbocycles. The molecule has 0 spiro atoms. The summed E-state index contributed by atoms with van der Waals surface area (Å²) in [5.41, 5.74) is 5.48. The number of carbonyl (C=O) groups is 1. The van der Waals surface area contributed by atoms with Crippen LogP contribution in [-0.2, 0) is 13.1 Å². The number of aryl methyl sites for hydroxylation is 1. The SMILES string of the molecule is COc1ccc(-n2c(C)cc(CNC(=O)NCc3ccccc3)c2C)cc1. The summed E-state index contributed by atoms with van der Waals surface area (Å²) in [5, 5.41) is 5.82. The lowest BCUT2D eigenvalue weighted by Crippen LogP contribution is -2.34. The highest BCUT2D eigenvalue weighted by atomic mass is 16.5. The minimum Gasteiger partial charge on any atom is -0.497 e. The van der Waals surface area contributed by atoms with Crippen molar-refractivity contribution in [1.29, 1.82) is 0 Å². The van der Waals surface area contributed by atoms with Crippen molar-refractivity contribution in [1.82, 2.24) is 15.2 Å². The number of nitrogens with zero attached hydrogens (tertiary/aromatic N) is 1. The average molecular weight is 363 g/mol. The van der Waals surface area contributed by atoms with Gasteiger partial charge in [0.15, 0.2) is 0 Å². The second-order valence-electron chi connectivity index (χ2n) is 6.45. The van der Waals surface area contributed by atoms with Gasteiger partial charge in [-0.3, -0.25) is 0 Å². The van der Waals surface area contributed by atoms with Gasteiger partial charge in [-0.05, 0) is 55.3 Å². The lowest BCUT2D eigenvalue weighted by molar-refractivity contribution is 0.240. The number of aromatic nitrogens is 1. The van der Waals surface area contributed by atoms with Crippen LogP contribution in [-0.4, -0.2) is 17.7 Å². The van der Waals surface area contributed by atoms with Crippen LogP contribution in [0.25, 0.3) is 5.69 Å². The zero-order valence-electron chi connectivity index (χ0n) is 16.0. The molecule has 0 radical (unpaired) electrons. The molecule has 1 aromatic heterocycles. The van der Waals surface area contributed by atoms with Crippen LogP contribution in [0.1, 0.15) is 22.5 Å². The number of hydrogen-bond donors (Lipinski definition) is 2. The largest absolute Gasteiger partial charge is 0.497 e. The van der Waals surface area contributed by atoms with E-state index in [1.807, 2.05) is 54.6 Å². The highest BCUT2D eigenvalue weighted by Crippen LogP contribution is 2.22. The van der Waals surface area contributed by atoms with E-state index in [1.54, 1.807) is 7.11 Å². The molecule has 2 aromatic carbocycles. The Morgan fingerprint density at radius 2 is 1.63 bits per heavy atom. The van der Waals surface area contributed by atoms with E-state index in [9.17, 15) is 4.79 Å². The van der Waals surface area contributed by atoms with Gasteiger partial charge >= 0.3 is 6.03 Å². The minimum atomic E-state index is -0.173. The number of rotatable bonds is 6. The molecule has 5 heteroatoms. The van der Waals surface area contributed by atoms with Crippen LogP contribution in [0.15, 0.2) is 60.7 Å². The molecule has 0 atom stereocenters. The van der Waals surface area contributed by atoms with Gasteiger partial charge in [-0.2, -0.15) is 0 Å². The third-order valence-electron chi connectivity index (χ3n) is 4.60. The molecule has 0 unspecified atom stereocenters. The number of benzene rings is 2.